The summed E-state index contributed by atoms with van der Waals surface area (Å²) in [6.07, 6.45) is 0. The SMILES string of the molecule is COc1ccc(-c2ccc(NS(=O)(=O)c3cc(C)c(C)cc3OC)cc2)nn1. The van der Waals surface area contributed by atoms with Gasteiger partial charge in [0.15, 0.2) is 0 Å². The van der Waals surface area contributed by atoms with Crippen molar-refractivity contribution in [1.82, 2.24) is 10.2 Å². The van der Waals surface area contributed by atoms with E-state index >= 15 is 0 Å². The van der Waals surface area contributed by atoms with Gasteiger partial charge in [0.2, 0.25) is 5.88 Å². The van der Waals surface area contributed by atoms with E-state index in [4.69, 9.17) is 9.47 Å². The minimum Gasteiger partial charge on any atom is -0.495 e. The van der Waals surface area contributed by atoms with Crippen LogP contribution in [0.25, 0.3) is 11.3 Å². The quantitative estimate of drug-likeness (QED) is 0.681. The lowest BCUT2D eigenvalue weighted by molar-refractivity contribution is 0.392. The topological polar surface area (TPSA) is 90.4 Å². The van der Waals surface area contributed by atoms with Crippen molar-refractivity contribution in [2.24, 2.45) is 0 Å². The second kappa shape index (κ2) is 7.85. The average molecular weight is 399 g/mol. The molecule has 146 valence electrons. The Balaban J connectivity index is 1.86. The van der Waals surface area contributed by atoms with E-state index in [0.29, 0.717) is 23.0 Å². The summed E-state index contributed by atoms with van der Waals surface area (Å²) in [6, 6.07) is 13.7. The van der Waals surface area contributed by atoms with Crippen LogP contribution >= 0.6 is 0 Å². The number of benzene rings is 2. The molecule has 1 N–H and O–H groups in total. The summed E-state index contributed by atoms with van der Waals surface area (Å²) in [4.78, 5) is 0.100. The zero-order valence-electron chi connectivity index (χ0n) is 16.1. The van der Waals surface area contributed by atoms with Crippen molar-refractivity contribution in [3.05, 3.63) is 59.7 Å². The third-order valence-corrected chi connectivity index (χ3v) is 5.75. The Labute approximate surface area is 164 Å². The molecule has 7 nitrogen and oxygen atoms in total. The second-order valence-electron chi connectivity index (χ2n) is 6.23. The van der Waals surface area contributed by atoms with E-state index in [2.05, 4.69) is 14.9 Å². The summed E-state index contributed by atoms with van der Waals surface area (Å²) < 4.78 is 38.5. The van der Waals surface area contributed by atoms with Crippen molar-refractivity contribution in [1.29, 1.82) is 0 Å². The van der Waals surface area contributed by atoms with Crippen molar-refractivity contribution >= 4 is 15.7 Å². The number of nitrogens with one attached hydrogen (secondary N) is 1. The van der Waals surface area contributed by atoms with E-state index in [0.717, 1.165) is 16.7 Å². The average Bonchev–Trinajstić information content (AvgIpc) is 2.70. The Kier molecular flexibility index (Phi) is 5.51. The monoisotopic (exact) mass is 399 g/mol. The van der Waals surface area contributed by atoms with E-state index < -0.39 is 10.0 Å². The van der Waals surface area contributed by atoms with Crippen molar-refractivity contribution < 1.29 is 17.9 Å². The summed E-state index contributed by atoms with van der Waals surface area (Å²) >= 11 is 0. The Morgan fingerprint density at radius 2 is 1.54 bits per heavy atom. The third-order valence-electron chi connectivity index (χ3n) is 4.35. The number of aryl methyl sites for hydroxylation is 2. The Morgan fingerprint density at radius 1 is 0.857 bits per heavy atom. The van der Waals surface area contributed by atoms with Crippen LogP contribution in [-0.4, -0.2) is 32.8 Å². The first-order valence-electron chi connectivity index (χ1n) is 8.50. The second-order valence-corrected chi connectivity index (χ2v) is 7.88. The van der Waals surface area contributed by atoms with Crippen LogP contribution in [0.2, 0.25) is 0 Å². The standard InChI is InChI=1S/C20H21N3O4S/c1-13-11-18(26-3)19(12-14(13)2)28(24,25)23-16-7-5-15(6-8-16)17-9-10-20(27-4)22-21-17/h5-12,23H,1-4H3. The first-order valence-corrected chi connectivity index (χ1v) is 9.98. The molecule has 0 spiro atoms. The van der Waals surface area contributed by atoms with Gasteiger partial charge in [0.25, 0.3) is 10.0 Å². The van der Waals surface area contributed by atoms with E-state index in [1.807, 2.05) is 13.8 Å². The van der Waals surface area contributed by atoms with Crippen molar-refractivity contribution in [2.45, 2.75) is 18.7 Å². The first kappa shape index (κ1) is 19.6. The summed E-state index contributed by atoms with van der Waals surface area (Å²) in [5.74, 6) is 0.733. The minimum atomic E-state index is -3.80. The molecule has 3 rings (SSSR count). The molecule has 28 heavy (non-hydrogen) atoms. The van der Waals surface area contributed by atoms with Gasteiger partial charge in [-0.15, -0.1) is 10.2 Å². The van der Waals surface area contributed by atoms with E-state index in [-0.39, 0.29) is 4.90 Å². The molecule has 0 atom stereocenters. The van der Waals surface area contributed by atoms with Crippen molar-refractivity contribution in [3.8, 4) is 22.9 Å². The molecule has 0 unspecified atom stereocenters. The van der Waals surface area contributed by atoms with Crippen LogP contribution in [0.5, 0.6) is 11.6 Å². The van der Waals surface area contributed by atoms with Gasteiger partial charge < -0.3 is 9.47 Å². The van der Waals surface area contributed by atoms with E-state index in [1.54, 1.807) is 48.5 Å². The molecule has 8 heteroatoms. The molecule has 0 aliphatic rings. The predicted octanol–water partition coefficient (Wildman–Crippen LogP) is 3.58. The van der Waals surface area contributed by atoms with Gasteiger partial charge in [-0.3, -0.25) is 4.72 Å². The number of aromatic nitrogens is 2. The highest BCUT2D eigenvalue weighted by Crippen LogP contribution is 2.29. The van der Waals surface area contributed by atoms with Crippen LogP contribution in [0, 0.1) is 13.8 Å². The molecule has 1 aromatic heterocycles. The molecule has 0 aliphatic heterocycles. The third kappa shape index (κ3) is 4.07. The van der Waals surface area contributed by atoms with E-state index in [9.17, 15) is 8.42 Å². The number of hydrogen-bond acceptors (Lipinski definition) is 6. The lowest BCUT2D eigenvalue weighted by Gasteiger charge is -2.14. The zero-order chi connectivity index (χ0) is 20.3. The number of methoxy groups -OCH3 is 2. The number of anilines is 1. The summed E-state index contributed by atoms with van der Waals surface area (Å²) in [5.41, 5.74) is 3.73. The van der Waals surface area contributed by atoms with Crippen LogP contribution in [0.15, 0.2) is 53.4 Å². The van der Waals surface area contributed by atoms with E-state index in [1.165, 1.54) is 14.2 Å². The fourth-order valence-electron chi connectivity index (χ4n) is 2.63. The lowest BCUT2D eigenvalue weighted by Crippen LogP contribution is -2.14. The van der Waals surface area contributed by atoms with Crippen LogP contribution in [-0.2, 0) is 10.0 Å². The van der Waals surface area contributed by atoms with Gasteiger partial charge >= 0.3 is 0 Å². The molecular weight excluding hydrogens is 378 g/mol. The highest BCUT2D eigenvalue weighted by molar-refractivity contribution is 7.92. The molecular formula is C20H21N3O4S. The van der Waals surface area contributed by atoms with Gasteiger partial charge in [-0.25, -0.2) is 8.42 Å². The number of rotatable bonds is 6. The lowest BCUT2D eigenvalue weighted by atomic mass is 10.1. The number of ether oxygens (including phenoxy) is 2. The zero-order valence-corrected chi connectivity index (χ0v) is 16.9. The Morgan fingerprint density at radius 3 is 2.11 bits per heavy atom. The van der Waals surface area contributed by atoms with Gasteiger partial charge in [0.1, 0.15) is 10.6 Å². The molecule has 0 fully saturated rings. The molecule has 0 saturated heterocycles. The molecule has 0 saturated carbocycles. The van der Waals surface area contributed by atoms with Crippen LogP contribution in [0.4, 0.5) is 5.69 Å². The molecule has 1 heterocycles. The largest absolute Gasteiger partial charge is 0.495 e. The minimum absolute atomic E-state index is 0.100. The maximum Gasteiger partial charge on any atom is 0.265 e. The number of nitrogens with zero attached hydrogens (tertiary/aromatic N) is 2. The summed E-state index contributed by atoms with van der Waals surface area (Å²) in [7, 11) is -0.826. The molecule has 0 aliphatic carbocycles. The van der Waals surface area contributed by atoms with Crippen LogP contribution in [0.3, 0.4) is 0 Å². The highest BCUT2D eigenvalue weighted by atomic mass is 32.2. The first-order chi connectivity index (χ1) is 13.3. The van der Waals surface area contributed by atoms with Gasteiger partial charge in [0, 0.05) is 17.3 Å². The van der Waals surface area contributed by atoms with Gasteiger partial charge in [-0.05, 0) is 55.3 Å². The van der Waals surface area contributed by atoms with Crippen molar-refractivity contribution in [3.63, 3.8) is 0 Å². The maximum atomic E-state index is 12.8. The van der Waals surface area contributed by atoms with Crippen molar-refractivity contribution in [2.75, 3.05) is 18.9 Å². The fourth-order valence-corrected chi connectivity index (χ4v) is 3.93. The maximum absolute atomic E-state index is 12.8. The van der Waals surface area contributed by atoms with Gasteiger partial charge in [-0.1, -0.05) is 12.1 Å². The normalized spacial score (nSPS) is 11.1. The predicted molar refractivity (Wildman–Crippen MR) is 107 cm³/mol. The van der Waals surface area contributed by atoms with Gasteiger partial charge in [0.05, 0.1) is 19.9 Å². The molecule has 3 aromatic rings. The van der Waals surface area contributed by atoms with Gasteiger partial charge in [-0.2, -0.15) is 0 Å². The van der Waals surface area contributed by atoms with Crippen LogP contribution < -0.4 is 14.2 Å². The fraction of sp³-hybridized carbons (Fsp3) is 0.200. The smallest absolute Gasteiger partial charge is 0.265 e. The number of hydrogen-bond donors (Lipinski definition) is 1. The Hall–Kier alpha value is -3.13. The molecule has 0 bridgehead atoms. The number of sulfonamides is 1. The molecule has 0 amide bonds. The highest BCUT2D eigenvalue weighted by Gasteiger charge is 2.21. The Bertz CT molecular complexity index is 1080. The van der Waals surface area contributed by atoms with Crippen LogP contribution in [0.1, 0.15) is 11.1 Å². The summed E-state index contributed by atoms with van der Waals surface area (Å²) in [6.45, 7) is 3.76. The summed E-state index contributed by atoms with van der Waals surface area (Å²) in [5, 5.41) is 8.01. The molecule has 2 aromatic carbocycles. The molecule has 0 radical (unpaired) electrons.